The monoisotopic (exact) mass is 440 g/mol. The number of amides is 1. The number of rotatable bonds is 5. The zero-order valence-corrected chi connectivity index (χ0v) is 17.0. The highest BCUT2D eigenvalue weighted by atomic mass is 32.2. The van der Waals surface area contributed by atoms with E-state index < -0.39 is 27.4 Å². The molecule has 0 atom stereocenters. The van der Waals surface area contributed by atoms with Gasteiger partial charge in [0.25, 0.3) is 15.9 Å². The molecule has 0 unspecified atom stereocenters. The lowest BCUT2D eigenvalue weighted by atomic mass is 10.1. The minimum absolute atomic E-state index is 0.0159. The summed E-state index contributed by atoms with van der Waals surface area (Å²) in [7, 11) is -4.08. The van der Waals surface area contributed by atoms with E-state index >= 15 is 0 Å². The zero-order valence-electron chi connectivity index (χ0n) is 16.2. The molecule has 1 heterocycles. The molecule has 3 aromatic carbocycles. The van der Waals surface area contributed by atoms with Crippen LogP contribution in [0.4, 0.5) is 15.8 Å². The second-order valence-electron chi connectivity index (χ2n) is 6.88. The van der Waals surface area contributed by atoms with E-state index in [0.29, 0.717) is 16.6 Å². The van der Waals surface area contributed by atoms with Crippen molar-refractivity contribution in [3.8, 4) is 0 Å². The van der Waals surface area contributed by atoms with Crippen molar-refractivity contribution in [1.82, 2.24) is 9.97 Å². The molecule has 0 aliphatic rings. The molecule has 0 fully saturated rings. The molecule has 0 saturated heterocycles. The molecule has 1 amide bonds. The number of aromatic amines is 2. The number of imidazole rings is 1. The number of halogens is 1. The van der Waals surface area contributed by atoms with Crippen LogP contribution < -0.4 is 15.7 Å². The van der Waals surface area contributed by atoms with Crippen LogP contribution in [0.1, 0.15) is 15.9 Å². The Bertz CT molecular complexity index is 1470. The van der Waals surface area contributed by atoms with E-state index in [2.05, 4.69) is 20.0 Å². The van der Waals surface area contributed by atoms with Gasteiger partial charge in [0, 0.05) is 0 Å². The van der Waals surface area contributed by atoms with Crippen LogP contribution in [0, 0.1) is 12.7 Å². The third-order valence-corrected chi connectivity index (χ3v) is 5.95. The summed E-state index contributed by atoms with van der Waals surface area (Å²) in [6.07, 6.45) is 0. The fourth-order valence-corrected chi connectivity index (χ4v) is 4.17. The van der Waals surface area contributed by atoms with Crippen molar-refractivity contribution in [1.29, 1.82) is 0 Å². The number of benzene rings is 3. The Labute approximate surface area is 176 Å². The van der Waals surface area contributed by atoms with Crippen molar-refractivity contribution in [3.05, 3.63) is 88.1 Å². The molecule has 1 aromatic heterocycles. The first kappa shape index (κ1) is 20.4. The van der Waals surface area contributed by atoms with Crippen molar-refractivity contribution >= 4 is 38.3 Å². The van der Waals surface area contributed by atoms with Crippen molar-refractivity contribution in [2.75, 3.05) is 10.0 Å². The fourth-order valence-electron chi connectivity index (χ4n) is 3.06. The van der Waals surface area contributed by atoms with E-state index in [0.717, 1.165) is 0 Å². The van der Waals surface area contributed by atoms with Gasteiger partial charge in [0.1, 0.15) is 5.82 Å². The van der Waals surface area contributed by atoms with Gasteiger partial charge in [-0.3, -0.25) is 9.52 Å². The van der Waals surface area contributed by atoms with E-state index in [1.54, 1.807) is 25.1 Å². The van der Waals surface area contributed by atoms with Crippen molar-refractivity contribution in [2.24, 2.45) is 0 Å². The Morgan fingerprint density at radius 3 is 2.45 bits per heavy atom. The number of carbonyl (C=O) groups excluding carboxylic acids is 1. The van der Waals surface area contributed by atoms with Crippen LogP contribution in [0.25, 0.3) is 11.0 Å². The molecule has 0 aliphatic carbocycles. The third kappa shape index (κ3) is 4.19. The molecule has 8 nitrogen and oxygen atoms in total. The van der Waals surface area contributed by atoms with Crippen molar-refractivity contribution in [3.63, 3.8) is 0 Å². The first-order valence-corrected chi connectivity index (χ1v) is 10.6. The second-order valence-corrected chi connectivity index (χ2v) is 8.56. The summed E-state index contributed by atoms with van der Waals surface area (Å²) in [6.45, 7) is 1.72. The normalized spacial score (nSPS) is 11.4. The van der Waals surface area contributed by atoms with Crippen LogP contribution in [0.15, 0.2) is 70.4 Å². The topological polar surface area (TPSA) is 124 Å². The second kappa shape index (κ2) is 7.73. The van der Waals surface area contributed by atoms with Gasteiger partial charge in [0.05, 0.1) is 32.9 Å². The fraction of sp³-hybridized carbons (Fsp3) is 0.0476. The number of anilines is 2. The molecule has 10 heteroatoms. The van der Waals surface area contributed by atoms with E-state index in [4.69, 9.17) is 0 Å². The van der Waals surface area contributed by atoms with Gasteiger partial charge in [-0.05, 0) is 55.0 Å². The molecule has 4 N–H and O–H groups in total. The molecule has 158 valence electrons. The van der Waals surface area contributed by atoms with Crippen LogP contribution >= 0.6 is 0 Å². The largest absolute Gasteiger partial charge is 0.323 e. The minimum Gasteiger partial charge on any atom is -0.319 e. The highest BCUT2D eigenvalue weighted by Crippen LogP contribution is 2.23. The highest BCUT2D eigenvalue weighted by Gasteiger charge is 2.20. The summed E-state index contributed by atoms with van der Waals surface area (Å²) in [4.78, 5) is 29.0. The van der Waals surface area contributed by atoms with E-state index in [9.17, 15) is 22.4 Å². The van der Waals surface area contributed by atoms with Gasteiger partial charge in [-0.2, -0.15) is 0 Å². The van der Waals surface area contributed by atoms with Crippen LogP contribution in [-0.2, 0) is 10.0 Å². The molecular formula is C21H17FN4O4S. The predicted molar refractivity (Wildman–Crippen MR) is 115 cm³/mol. The molecule has 0 spiro atoms. The molecule has 4 aromatic rings. The molecule has 4 rings (SSSR count). The average molecular weight is 440 g/mol. The number of hydrogen-bond acceptors (Lipinski definition) is 4. The van der Waals surface area contributed by atoms with Gasteiger partial charge in [-0.1, -0.05) is 18.2 Å². The standard InChI is InChI=1S/C21H17FN4O4S/c1-12-6-8-17(15(22)10-12)23-20(27)14-4-2-3-5-16(14)26-31(29,30)13-7-9-18-19(11-13)25-21(28)24-18/h2-11,26H,1H3,(H,23,27)(H2,24,25,28). The number of sulfonamides is 1. The maximum atomic E-state index is 14.1. The molecular weight excluding hydrogens is 423 g/mol. The SMILES string of the molecule is Cc1ccc(NC(=O)c2ccccc2NS(=O)(=O)c2ccc3[nH]c(=O)[nH]c3c2)c(F)c1. The summed E-state index contributed by atoms with van der Waals surface area (Å²) in [6, 6.07) is 14.4. The molecule has 0 radical (unpaired) electrons. The molecule has 0 saturated carbocycles. The lowest BCUT2D eigenvalue weighted by molar-refractivity contribution is 0.102. The summed E-state index contributed by atoms with van der Waals surface area (Å²) in [5.74, 6) is -1.27. The Hall–Kier alpha value is -3.92. The summed E-state index contributed by atoms with van der Waals surface area (Å²) >= 11 is 0. The number of H-pyrrole nitrogens is 2. The summed E-state index contributed by atoms with van der Waals surface area (Å²) < 4.78 is 42.2. The van der Waals surface area contributed by atoms with E-state index in [-0.39, 0.29) is 21.8 Å². The number of fused-ring (bicyclic) bond motifs is 1. The lowest BCUT2D eigenvalue weighted by Crippen LogP contribution is -2.19. The van der Waals surface area contributed by atoms with Crippen LogP contribution in [0.5, 0.6) is 0 Å². The van der Waals surface area contributed by atoms with Crippen molar-refractivity contribution < 1.29 is 17.6 Å². The van der Waals surface area contributed by atoms with Crippen molar-refractivity contribution in [2.45, 2.75) is 11.8 Å². The first-order chi connectivity index (χ1) is 14.7. The first-order valence-electron chi connectivity index (χ1n) is 9.14. The smallest absolute Gasteiger partial charge is 0.319 e. The number of nitrogens with one attached hydrogen (secondary N) is 4. The Balaban J connectivity index is 1.64. The number of carbonyl (C=O) groups is 1. The quantitative estimate of drug-likeness (QED) is 0.380. The number of aromatic nitrogens is 2. The number of para-hydroxylation sites is 1. The molecule has 31 heavy (non-hydrogen) atoms. The Morgan fingerprint density at radius 1 is 0.935 bits per heavy atom. The van der Waals surface area contributed by atoms with E-state index in [1.165, 1.54) is 42.5 Å². The Morgan fingerprint density at radius 2 is 1.68 bits per heavy atom. The molecule has 0 bridgehead atoms. The van der Waals surface area contributed by atoms with Gasteiger partial charge in [-0.15, -0.1) is 0 Å². The third-order valence-electron chi connectivity index (χ3n) is 4.59. The maximum absolute atomic E-state index is 14.1. The van der Waals surface area contributed by atoms with Crippen LogP contribution in [0.3, 0.4) is 0 Å². The van der Waals surface area contributed by atoms with Gasteiger partial charge >= 0.3 is 5.69 Å². The van der Waals surface area contributed by atoms with Gasteiger partial charge in [0.2, 0.25) is 0 Å². The van der Waals surface area contributed by atoms with E-state index in [1.807, 2.05) is 0 Å². The maximum Gasteiger partial charge on any atom is 0.323 e. The summed E-state index contributed by atoms with van der Waals surface area (Å²) in [5, 5.41) is 2.45. The zero-order chi connectivity index (χ0) is 22.2. The summed E-state index contributed by atoms with van der Waals surface area (Å²) in [5.41, 5.74) is 1.05. The minimum atomic E-state index is -4.08. The number of hydrogen-bond donors (Lipinski definition) is 4. The number of aryl methyl sites for hydroxylation is 1. The van der Waals surface area contributed by atoms with Gasteiger partial charge < -0.3 is 15.3 Å². The molecule has 0 aliphatic heterocycles. The predicted octanol–water partition coefficient (Wildman–Crippen LogP) is 3.36. The average Bonchev–Trinajstić information content (AvgIpc) is 3.09. The highest BCUT2D eigenvalue weighted by molar-refractivity contribution is 7.92. The van der Waals surface area contributed by atoms with Crippen LogP contribution in [0.2, 0.25) is 0 Å². The van der Waals surface area contributed by atoms with Gasteiger partial charge in [0.15, 0.2) is 0 Å². The van der Waals surface area contributed by atoms with Crippen LogP contribution in [-0.4, -0.2) is 24.3 Å². The Kier molecular flexibility index (Phi) is 5.07. The lowest BCUT2D eigenvalue weighted by Gasteiger charge is -2.13. The van der Waals surface area contributed by atoms with Gasteiger partial charge in [-0.25, -0.2) is 17.6 Å².